The summed E-state index contributed by atoms with van der Waals surface area (Å²) in [5.41, 5.74) is 3.11. The molecule has 0 aliphatic carbocycles. The number of carbonyl (C=O) groups excluding carboxylic acids is 1. The molecule has 0 saturated carbocycles. The largest absolute Gasteiger partial charge is 0.308 e. The normalized spacial score (nSPS) is 15.7. The first-order valence-corrected chi connectivity index (χ1v) is 11.4. The maximum absolute atomic E-state index is 13.1. The van der Waals surface area contributed by atoms with Crippen molar-refractivity contribution < 1.29 is 4.79 Å². The third kappa shape index (κ3) is 3.42. The summed E-state index contributed by atoms with van der Waals surface area (Å²) in [7, 11) is 0. The zero-order chi connectivity index (χ0) is 20.7. The van der Waals surface area contributed by atoms with Crippen molar-refractivity contribution in [1.29, 1.82) is 0 Å². The van der Waals surface area contributed by atoms with E-state index in [1.54, 1.807) is 10.6 Å². The van der Waals surface area contributed by atoms with Gasteiger partial charge in [-0.15, -0.1) is 17.9 Å². The van der Waals surface area contributed by atoms with Crippen LogP contribution < -0.4 is 10.5 Å². The van der Waals surface area contributed by atoms with E-state index < -0.39 is 0 Å². The maximum Gasteiger partial charge on any atom is 0.263 e. The van der Waals surface area contributed by atoms with Crippen molar-refractivity contribution in [2.24, 2.45) is 0 Å². The van der Waals surface area contributed by atoms with Crippen molar-refractivity contribution in [3.8, 4) is 0 Å². The van der Waals surface area contributed by atoms with Crippen LogP contribution in [0.15, 0.2) is 46.9 Å². The molecule has 1 atom stereocenters. The minimum Gasteiger partial charge on any atom is -0.308 e. The van der Waals surface area contributed by atoms with Crippen molar-refractivity contribution >= 4 is 44.9 Å². The van der Waals surface area contributed by atoms with E-state index in [0.29, 0.717) is 17.1 Å². The topological polar surface area (TPSA) is 55.2 Å². The van der Waals surface area contributed by atoms with Gasteiger partial charge in [-0.1, -0.05) is 36.0 Å². The Balaban J connectivity index is 1.64. The molecule has 0 radical (unpaired) electrons. The molecular formula is C22H23N3O2S2. The average molecular weight is 426 g/mol. The standard InChI is InChI=1S/C22H23N3O2S2/c1-5-10-24-21(27)19-14(3)15(4)29-20(19)23-22(24)28-12-18(26)25-13(2)11-16-8-6-7-9-17(16)25/h5-9,13H,1,10-12H2,2-4H3/t13-/m0/s1. The van der Waals surface area contributed by atoms with Gasteiger partial charge in [0, 0.05) is 23.2 Å². The van der Waals surface area contributed by atoms with E-state index in [1.807, 2.05) is 36.9 Å². The fraction of sp³-hybridized carbons (Fsp3) is 0.318. The summed E-state index contributed by atoms with van der Waals surface area (Å²) in [6, 6.07) is 8.17. The number of thioether (sulfide) groups is 1. The quantitative estimate of drug-likeness (QED) is 0.347. The minimum absolute atomic E-state index is 0.0329. The number of hydrogen-bond donors (Lipinski definition) is 0. The number of thiophene rings is 1. The summed E-state index contributed by atoms with van der Waals surface area (Å²) >= 11 is 2.85. The lowest BCUT2D eigenvalue weighted by atomic mass is 10.1. The molecule has 3 heterocycles. The monoisotopic (exact) mass is 425 g/mol. The second-order valence-corrected chi connectivity index (χ2v) is 9.44. The number of aryl methyl sites for hydroxylation is 2. The van der Waals surface area contributed by atoms with E-state index in [4.69, 9.17) is 4.98 Å². The second-order valence-electron chi connectivity index (χ2n) is 7.30. The van der Waals surface area contributed by atoms with E-state index in [2.05, 4.69) is 19.6 Å². The summed E-state index contributed by atoms with van der Waals surface area (Å²) in [6.45, 7) is 10.2. The molecule has 0 bridgehead atoms. The van der Waals surface area contributed by atoms with Crippen LogP contribution >= 0.6 is 23.1 Å². The molecule has 4 rings (SSSR count). The number of benzene rings is 1. The van der Waals surface area contributed by atoms with Gasteiger partial charge in [-0.3, -0.25) is 14.2 Å². The molecule has 1 aromatic carbocycles. The average Bonchev–Trinajstić information content (AvgIpc) is 3.18. The molecule has 5 nitrogen and oxygen atoms in total. The van der Waals surface area contributed by atoms with E-state index in [-0.39, 0.29) is 23.3 Å². The number of carbonyl (C=O) groups is 1. The summed E-state index contributed by atoms with van der Waals surface area (Å²) in [5.74, 6) is 0.266. The molecular weight excluding hydrogens is 402 g/mol. The second kappa shape index (κ2) is 7.80. The Labute approximate surface area is 178 Å². The predicted molar refractivity (Wildman–Crippen MR) is 121 cm³/mol. The number of allylic oxidation sites excluding steroid dienone is 1. The van der Waals surface area contributed by atoms with Crippen molar-refractivity contribution in [2.75, 3.05) is 10.7 Å². The molecule has 1 amide bonds. The molecule has 150 valence electrons. The molecule has 0 spiro atoms. The molecule has 0 saturated heterocycles. The van der Waals surface area contributed by atoms with Gasteiger partial charge < -0.3 is 4.90 Å². The van der Waals surface area contributed by atoms with Gasteiger partial charge in [0.2, 0.25) is 5.91 Å². The number of amides is 1. The van der Waals surface area contributed by atoms with E-state index in [0.717, 1.165) is 27.4 Å². The van der Waals surface area contributed by atoms with E-state index in [9.17, 15) is 9.59 Å². The molecule has 2 aromatic heterocycles. The molecule has 1 aliphatic heterocycles. The Hall–Kier alpha value is -2.38. The molecule has 3 aromatic rings. The number of nitrogens with zero attached hydrogens (tertiary/aromatic N) is 3. The van der Waals surface area contributed by atoms with Crippen LogP contribution in [0.2, 0.25) is 0 Å². The van der Waals surface area contributed by atoms with E-state index >= 15 is 0 Å². The van der Waals surface area contributed by atoms with Crippen LogP contribution in [-0.4, -0.2) is 27.3 Å². The van der Waals surface area contributed by atoms with Gasteiger partial charge in [0.1, 0.15) is 4.83 Å². The van der Waals surface area contributed by atoms with Crippen LogP contribution in [0.3, 0.4) is 0 Å². The van der Waals surface area contributed by atoms with Crippen molar-refractivity contribution in [1.82, 2.24) is 9.55 Å². The highest BCUT2D eigenvalue weighted by Gasteiger charge is 2.30. The third-order valence-electron chi connectivity index (χ3n) is 5.37. The van der Waals surface area contributed by atoms with Crippen molar-refractivity contribution in [3.63, 3.8) is 0 Å². The molecule has 0 fully saturated rings. The highest BCUT2D eigenvalue weighted by Crippen LogP contribution is 2.33. The van der Waals surface area contributed by atoms with Gasteiger partial charge >= 0.3 is 0 Å². The molecule has 0 unspecified atom stereocenters. The molecule has 0 N–H and O–H groups in total. The fourth-order valence-electron chi connectivity index (χ4n) is 3.85. The first-order valence-electron chi connectivity index (χ1n) is 9.56. The molecule has 29 heavy (non-hydrogen) atoms. The van der Waals surface area contributed by atoms with E-state index in [1.165, 1.54) is 28.7 Å². The van der Waals surface area contributed by atoms with Gasteiger partial charge in [0.25, 0.3) is 5.56 Å². The van der Waals surface area contributed by atoms with Crippen LogP contribution in [0.25, 0.3) is 10.2 Å². The third-order valence-corrected chi connectivity index (χ3v) is 7.43. The zero-order valence-electron chi connectivity index (χ0n) is 16.8. The Bertz CT molecular complexity index is 1180. The molecule has 1 aliphatic rings. The van der Waals surface area contributed by atoms with Gasteiger partial charge in [-0.05, 0) is 44.4 Å². The van der Waals surface area contributed by atoms with Gasteiger partial charge in [-0.25, -0.2) is 4.98 Å². The number of hydrogen-bond acceptors (Lipinski definition) is 5. The van der Waals surface area contributed by atoms with Crippen LogP contribution in [0.1, 0.15) is 22.9 Å². The number of para-hydroxylation sites is 1. The highest BCUT2D eigenvalue weighted by atomic mass is 32.2. The Morgan fingerprint density at radius 1 is 1.38 bits per heavy atom. The maximum atomic E-state index is 13.1. The lowest BCUT2D eigenvalue weighted by Gasteiger charge is -2.22. The summed E-state index contributed by atoms with van der Waals surface area (Å²) < 4.78 is 1.62. The van der Waals surface area contributed by atoms with Crippen molar-refractivity contribution in [2.45, 2.75) is 44.9 Å². The van der Waals surface area contributed by atoms with Crippen LogP contribution in [0.5, 0.6) is 0 Å². The first kappa shape index (κ1) is 19.9. The van der Waals surface area contributed by atoms with Gasteiger partial charge in [0.05, 0.1) is 11.1 Å². The SMILES string of the molecule is C=CCn1c(SCC(=O)N2c3ccccc3C[C@@H]2C)nc2sc(C)c(C)c2c1=O. The molecule has 7 heteroatoms. The van der Waals surface area contributed by atoms with Gasteiger partial charge in [-0.2, -0.15) is 0 Å². The van der Waals surface area contributed by atoms with Crippen LogP contribution in [-0.2, 0) is 17.8 Å². The number of aromatic nitrogens is 2. The fourth-order valence-corrected chi connectivity index (χ4v) is 5.79. The first-order chi connectivity index (χ1) is 13.9. The van der Waals surface area contributed by atoms with Gasteiger partial charge in [0.15, 0.2) is 5.16 Å². The Morgan fingerprint density at radius 3 is 2.90 bits per heavy atom. The zero-order valence-corrected chi connectivity index (χ0v) is 18.4. The Kier molecular flexibility index (Phi) is 5.36. The number of anilines is 1. The van der Waals surface area contributed by atoms with Crippen molar-refractivity contribution in [3.05, 3.63) is 63.3 Å². The smallest absolute Gasteiger partial charge is 0.263 e. The summed E-state index contributed by atoms with van der Waals surface area (Å²) in [6.07, 6.45) is 2.56. The number of fused-ring (bicyclic) bond motifs is 2. The highest BCUT2D eigenvalue weighted by molar-refractivity contribution is 7.99. The lowest BCUT2D eigenvalue weighted by Crippen LogP contribution is -2.37. The minimum atomic E-state index is -0.0633. The number of rotatable bonds is 5. The van der Waals surface area contributed by atoms with Crippen LogP contribution in [0.4, 0.5) is 5.69 Å². The lowest BCUT2D eigenvalue weighted by molar-refractivity contribution is -0.116. The van der Waals surface area contributed by atoms with Crippen LogP contribution in [0, 0.1) is 13.8 Å². The Morgan fingerprint density at radius 2 is 2.14 bits per heavy atom. The summed E-state index contributed by atoms with van der Waals surface area (Å²) in [4.78, 5) is 34.5. The summed E-state index contributed by atoms with van der Waals surface area (Å²) in [5, 5.41) is 1.24. The predicted octanol–water partition coefficient (Wildman–Crippen LogP) is 4.33.